The number of rotatable bonds is 1. The minimum absolute atomic E-state index is 0.287. The number of halogens is 1. The number of methoxy groups -OCH3 is 1. The van der Waals surface area contributed by atoms with Crippen molar-refractivity contribution in [1.29, 1.82) is 0 Å². The van der Waals surface area contributed by atoms with Gasteiger partial charge in [0.2, 0.25) is 0 Å². The maximum absolute atomic E-state index is 13.6. The number of hydrogen-bond acceptors (Lipinski definition) is 2. The zero-order valence-electron chi connectivity index (χ0n) is 8.04. The Morgan fingerprint density at radius 2 is 2.14 bits per heavy atom. The lowest BCUT2D eigenvalue weighted by Crippen LogP contribution is -1.90. The molecule has 3 heteroatoms. The van der Waals surface area contributed by atoms with Crippen LogP contribution in [0.2, 0.25) is 0 Å². The number of pyridine rings is 1. The van der Waals surface area contributed by atoms with Gasteiger partial charge in [-0.2, -0.15) is 0 Å². The Labute approximate surface area is 81.3 Å². The first kappa shape index (κ1) is 8.94. The van der Waals surface area contributed by atoms with Gasteiger partial charge in [0.1, 0.15) is 11.6 Å². The van der Waals surface area contributed by atoms with Crippen molar-refractivity contribution in [1.82, 2.24) is 4.98 Å². The van der Waals surface area contributed by atoms with Crippen molar-refractivity contribution in [3.05, 3.63) is 35.9 Å². The van der Waals surface area contributed by atoms with E-state index < -0.39 is 0 Å². The maximum Gasteiger partial charge on any atom is 0.136 e. The Kier molecular flexibility index (Phi) is 2.08. The number of fused-ring (bicyclic) bond motifs is 1. The van der Waals surface area contributed by atoms with E-state index in [0.717, 1.165) is 5.39 Å². The zero-order valence-corrected chi connectivity index (χ0v) is 8.04. The van der Waals surface area contributed by atoms with E-state index in [-0.39, 0.29) is 5.82 Å². The summed E-state index contributed by atoms with van der Waals surface area (Å²) in [6.45, 7) is 1.79. The van der Waals surface area contributed by atoms with Crippen molar-refractivity contribution in [2.24, 2.45) is 0 Å². The van der Waals surface area contributed by atoms with E-state index in [4.69, 9.17) is 4.74 Å². The summed E-state index contributed by atoms with van der Waals surface area (Å²) in [5.74, 6) is 0.241. The number of aryl methyl sites for hydroxylation is 1. The Morgan fingerprint density at radius 3 is 2.86 bits per heavy atom. The Bertz CT molecular complexity index is 482. The highest BCUT2D eigenvalue weighted by molar-refractivity contribution is 5.86. The molecule has 0 aliphatic carbocycles. The maximum atomic E-state index is 13.6. The lowest BCUT2D eigenvalue weighted by Gasteiger charge is -2.05. The van der Waals surface area contributed by atoms with Crippen LogP contribution < -0.4 is 4.74 Å². The van der Waals surface area contributed by atoms with Crippen molar-refractivity contribution in [3.63, 3.8) is 0 Å². The first-order valence-corrected chi connectivity index (χ1v) is 4.31. The van der Waals surface area contributed by atoms with Crippen molar-refractivity contribution >= 4 is 10.8 Å². The average molecular weight is 191 g/mol. The van der Waals surface area contributed by atoms with Gasteiger partial charge in [0.05, 0.1) is 7.11 Å². The van der Waals surface area contributed by atoms with Gasteiger partial charge < -0.3 is 4.74 Å². The fraction of sp³-hybridized carbons (Fsp3) is 0.182. The molecule has 0 bridgehead atoms. The molecule has 1 heterocycles. The lowest BCUT2D eigenvalue weighted by atomic mass is 10.1. The normalized spacial score (nSPS) is 10.5. The van der Waals surface area contributed by atoms with Crippen LogP contribution in [0, 0.1) is 12.7 Å². The molecule has 1 aromatic carbocycles. The molecule has 0 spiro atoms. The fourth-order valence-electron chi connectivity index (χ4n) is 1.53. The molecule has 2 rings (SSSR count). The van der Waals surface area contributed by atoms with Crippen LogP contribution in [0.25, 0.3) is 10.8 Å². The minimum atomic E-state index is -0.287. The molecule has 0 N–H and O–H groups in total. The predicted octanol–water partition coefficient (Wildman–Crippen LogP) is 2.69. The first-order chi connectivity index (χ1) is 6.72. The van der Waals surface area contributed by atoms with Gasteiger partial charge in [-0.1, -0.05) is 0 Å². The van der Waals surface area contributed by atoms with Crippen LogP contribution in [0.5, 0.6) is 5.75 Å². The van der Waals surface area contributed by atoms with Crippen LogP contribution >= 0.6 is 0 Å². The second kappa shape index (κ2) is 3.25. The first-order valence-electron chi connectivity index (χ1n) is 4.31. The number of aromatic nitrogens is 1. The predicted molar refractivity (Wildman–Crippen MR) is 53.0 cm³/mol. The van der Waals surface area contributed by atoms with Gasteiger partial charge in [-0.05, 0) is 24.4 Å². The molecule has 0 saturated carbocycles. The molecule has 0 aliphatic rings. The molecule has 0 aliphatic heterocycles. The SMILES string of the molecule is COc1cc(F)c2c(C)nccc2c1. The Hall–Kier alpha value is -1.64. The third-order valence-corrected chi connectivity index (χ3v) is 2.21. The summed E-state index contributed by atoms with van der Waals surface area (Å²) >= 11 is 0. The van der Waals surface area contributed by atoms with Crippen LogP contribution in [-0.2, 0) is 0 Å². The average Bonchev–Trinajstić information content (AvgIpc) is 2.17. The molecule has 72 valence electrons. The number of ether oxygens (including phenoxy) is 1. The molecule has 2 aromatic rings. The summed E-state index contributed by atoms with van der Waals surface area (Å²) in [5.41, 5.74) is 0.697. The van der Waals surface area contributed by atoms with Gasteiger partial charge >= 0.3 is 0 Å². The van der Waals surface area contributed by atoms with E-state index in [0.29, 0.717) is 16.8 Å². The van der Waals surface area contributed by atoms with Crippen molar-refractivity contribution in [2.45, 2.75) is 6.92 Å². The Balaban J connectivity index is 2.83. The fourth-order valence-corrected chi connectivity index (χ4v) is 1.53. The summed E-state index contributed by atoms with van der Waals surface area (Å²) in [6.07, 6.45) is 1.66. The summed E-state index contributed by atoms with van der Waals surface area (Å²) in [6, 6.07) is 4.94. The van der Waals surface area contributed by atoms with Crippen LogP contribution in [0.3, 0.4) is 0 Å². The molecular weight excluding hydrogens is 181 g/mol. The smallest absolute Gasteiger partial charge is 0.136 e. The van der Waals surface area contributed by atoms with Crippen molar-refractivity contribution in [2.75, 3.05) is 7.11 Å². The van der Waals surface area contributed by atoms with Crippen molar-refractivity contribution < 1.29 is 9.13 Å². The monoisotopic (exact) mass is 191 g/mol. The molecule has 0 saturated heterocycles. The summed E-state index contributed by atoms with van der Waals surface area (Å²) in [7, 11) is 1.52. The number of nitrogens with zero attached hydrogens (tertiary/aromatic N) is 1. The summed E-state index contributed by atoms with van der Waals surface area (Å²) in [4.78, 5) is 4.04. The molecular formula is C11H10FNO. The molecule has 0 amide bonds. The third kappa shape index (κ3) is 1.31. The zero-order chi connectivity index (χ0) is 10.1. The molecule has 0 radical (unpaired) electrons. The van der Waals surface area contributed by atoms with E-state index in [1.54, 1.807) is 25.3 Å². The van der Waals surface area contributed by atoms with E-state index >= 15 is 0 Å². The summed E-state index contributed by atoms with van der Waals surface area (Å²) in [5, 5.41) is 1.38. The molecule has 0 fully saturated rings. The molecule has 14 heavy (non-hydrogen) atoms. The molecule has 0 unspecified atom stereocenters. The van der Waals surface area contributed by atoms with Gasteiger partial charge in [-0.3, -0.25) is 4.98 Å². The molecule has 0 atom stereocenters. The second-order valence-corrected chi connectivity index (χ2v) is 3.10. The topological polar surface area (TPSA) is 22.1 Å². The highest BCUT2D eigenvalue weighted by atomic mass is 19.1. The van der Waals surface area contributed by atoms with E-state index in [9.17, 15) is 4.39 Å². The van der Waals surface area contributed by atoms with Gasteiger partial charge in [0, 0.05) is 23.3 Å². The van der Waals surface area contributed by atoms with Crippen molar-refractivity contribution in [3.8, 4) is 5.75 Å². The highest BCUT2D eigenvalue weighted by Crippen LogP contribution is 2.25. The van der Waals surface area contributed by atoms with E-state index in [1.165, 1.54) is 13.2 Å². The minimum Gasteiger partial charge on any atom is -0.497 e. The quantitative estimate of drug-likeness (QED) is 0.691. The highest BCUT2D eigenvalue weighted by Gasteiger charge is 2.06. The molecule has 1 aromatic heterocycles. The summed E-state index contributed by atoms with van der Waals surface area (Å²) < 4.78 is 18.6. The largest absolute Gasteiger partial charge is 0.497 e. The van der Waals surface area contributed by atoms with Gasteiger partial charge in [-0.15, -0.1) is 0 Å². The van der Waals surface area contributed by atoms with Crippen LogP contribution in [0.4, 0.5) is 4.39 Å². The lowest BCUT2D eigenvalue weighted by molar-refractivity contribution is 0.412. The number of hydrogen-bond donors (Lipinski definition) is 0. The second-order valence-electron chi connectivity index (χ2n) is 3.10. The number of benzene rings is 1. The van der Waals surface area contributed by atoms with Gasteiger partial charge in [-0.25, -0.2) is 4.39 Å². The van der Waals surface area contributed by atoms with Crippen LogP contribution in [0.15, 0.2) is 24.4 Å². The van der Waals surface area contributed by atoms with Crippen LogP contribution in [-0.4, -0.2) is 12.1 Å². The third-order valence-electron chi connectivity index (χ3n) is 2.21. The van der Waals surface area contributed by atoms with Crippen LogP contribution in [0.1, 0.15) is 5.69 Å². The molecule has 2 nitrogen and oxygen atoms in total. The Morgan fingerprint density at radius 1 is 1.36 bits per heavy atom. The van der Waals surface area contributed by atoms with Gasteiger partial charge in [0.15, 0.2) is 0 Å². The van der Waals surface area contributed by atoms with Gasteiger partial charge in [0.25, 0.3) is 0 Å². The van der Waals surface area contributed by atoms with E-state index in [1.807, 2.05) is 0 Å². The standard InChI is InChI=1S/C11H10FNO/c1-7-11-8(3-4-13-7)5-9(14-2)6-10(11)12/h3-6H,1-2H3. The van der Waals surface area contributed by atoms with E-state index in [2.05, 4.69) is 4.98 Å².